The number of hydrogen-bond acceptors (Lipinski definition) is 4. The van der Waals surface area contributed by atoms with E-state index < -0.39 is 0 Å². The van der Waals surface area contributed by atoms with E-state index in [1.165, 1.54) is 0 Å². The van der Waals surface area contributed by atoms with Crippen molar-refractivity contribution in [3.05, 3.63) is 77.5 Å². The van der Waals surface area contributed by atoms with Gasteiger partial charge in [0, 0.05) is 11.3 Å². The van der Waals surface area contributed by atoms with Crippen LogP contribution >= 0.6 is 0 Å². The standard InChI is InChI=1S/C21H17N3O2/c1-13-8-10-15(11-9-13)18-12-17(19-14(2)24-26-21(19)23-18)20(25)22-16-6-4-3-5-7-16/h3-12H,1-2H3,(H,22,25). The molecule has 2 heterocycles. The van der Waals surface area contributed by atoms with E-state index in [4.69, 9.17) is 4.52 Å². The highest BCUT2D eigenvalue weighted by molar-refractivity contribution is 6.13. The van der Waals surface area contributed by atoms with Crippen LogP contribution in [0.1, 0.15) is 21.6 Å². The van der Waals surface area contributed by atoms with E-state index in [9.17, 15) is 4.79 Å². The lowest BCUT2D eigenvalue weighted by molar-refractivity contribution is 0.102. The Morgan fingerprint density at radius 3 is 2.46 bits per heavy atom. The minimum Gasteiger partial charge on any atom is -0.335 e. The topological polar surface area (TPSA) is 68.0 Å². The van der Waals surface area contributed by atoms with Crippen LogP contribution in [0.3, 0.4) is 0 Å². The number of carbonyl (C=O) groups is 1. The van der Waals surface area contributed by atoms with E-state index in [2.05, 4.69) is 15.5 Å². The number of para-hydroxylation sites is 1. The van der Waals surface area contributed by atoms with Crippen molar-refractivity contribution in [2.75, 3.05) is 5.32 Å². The Bertz CT molecular complexity index is 1080. The fourth-order valence-corrected chi connectivity index (χ4v) is 2.87. The van der Waals surface area contributed by atoms with Crippen LogP contribution in [-0.4, -0.2) is 16.0 Å². The number of aryl methyl sites for hydroxylation is 2. The molecule has 26 heavy (non-hydrogen) atoms. The van der Waals surface area contributed by atoms with Gasteiger partial charge in [-0.15, -0.1) is 0 Å². The van der Waals surface area contributed by atoms with Gasteiger partial charge in [0.05, 0.1) is 22.3 Å². The van der Waals surface area contributed by atoms with Gasteiger partial charge in [0.1, 0.15) is 0 Å². The Balaban J connectivity index is 1.82. The summed E-state index contributed by atoms with van der Waals surface area (Å²) >= 11 is 0. The zero-order chi connectivity index (χ0) is 18.1. The van der Waals surface area contributed by atoms with Gasteiger partial charge in [-0.2, -0.15) is 0 Å². The molecule has 0 aliphatic heterocycles. The van der Waals surface area contributed by atoms with Crippen molar-refractivity contribution in [2.45, 2.75) is 13.8 Å². The highest BCUT2D eigenvalue weighted by atomic mass is 16.5. The summed E-state index contributed by atoms with van der Waals surface area (Å²) < 4.78 is 5.33. The second-order valence-corrected chi connectivity index (χ2v) is 6.19. The van der Waals surface area contributed by atoms with Crippen LogP contribution in [-0.2, 0) is 0 Å². The van der Waals surface area contributed by atoms with Crippen LogP contribution in [0.25, 0.3) is 22.4 Å². The summed E-state index contributed by atoms with van der Waals surface area (Å²) in [6, 6.07) is 19.1. The van der Waals surface area contributed by atoms with E-state index in [0.29, 0.717) is 28.1 Å². The number of nitrogens with one attached hydrogen (secondary N) is 1. The largest absolute Gasteiger partial charge is 0.335 e. The molecule has 0 atom stereocenters. The second kappa shape index (κ2) is 6.44. The Kier molecular flexibility index (Phi) is 3.97. The minimum absolute atomic E-state index is 0.219. The lowest BCUT2D eigenvalue weighted by atomic mass is 10.0. The number of carbonyl (C=O) groups excluding carboxylic acids is 1. The number of pyridine rings is 1. The zero-order valence-corrected chi connectivity index (χ0v) is 14.5. The van der Waals surface area contributed by atoms with E-state index >= 15 is 0 Å². The van der Waals surface area contributed by atoms with Crippen molar-refractivity contribution < 1.29 is 9.32 Å². The zero-order valence-electron chi connectivity index (χ0n) is 14.5. The predicted octanol–water partition coefficient (Wildman–Crippen LogP) is 4.76. The van der Waals surface area contributed by atoms with Gasteiger partial charge < -0.3 is 9.84 Å². The van der Waals surface area contributed by atoms with Gasteiger partial charge in [-0.1, -0.05) is 53.2 Å². The molecular formula is C21H17N3O2. The monoisotopic (exact) mass is 343 g/mol. The maximum absolute atomic E-state index is 12.9. The molecular weight excluding hydrogens is 326 g/mol. The number of nitrogens with zero attached hydrogens (tertiary/aromatic N) is 2. The lowest BCUT2D eigenvalue weighted by Gasteiger charge is -2.08. The highest BCUT2D eigenvalue weighted by Crippen LogP contribution is 2.27. The first-order valence-electron chi connectivity index (χ1n) is 8.32. The summed E-state index contributed by atoms with van der Waals surface area (Å²) in [6.07, 6.45) is 0. The number of hydrogen-bond donors (Lipinski definition) is 1. The van der Waals surface area contributed by atoms with Crippen molar-refractivity contribution in [3.8, 4) is 11.3 Å². The third kappa shape index (κ3) is 2.95. The van der Waals surface area contributed by atoms with Gasteiger partial charge in [-0.05, 0) is 32.0 Å². The average molecular weight is 343 g/mol. The summed E-state index contributed by atoms with van der Waals surface area (Å²) in [6.45, 7) is 3.83. The van der Waals surface area contributed by atoms with Crippen LogP contribution in [0, 0.1) is 13.8 Å². The number of fused-ring (bicyclic) bond motifs is 1. The van der Waals surface area contributed by atoms with Crippen LogP contribution in [0.5, 0.6) is 0 Å². The molecule has 1 N–H and O–H groups in total. The molecule has 0 saturated carbocycles. The fourth-order valence-electron chi connectivity index (χ4n) is 2.87. The quantitative estimate of drug-likeness (QED) is 0.582. The molecule has 5 nitrogen and oxygen atoms in total. The normalized spacial score (nSPS) is 10.8. The van der Waals surface area contributed by atoms with Crippen molar-refractivity contribution in [1.29, 1.82) is 0 Å². The molecule has 128 valence electrons. The van der Waals surface area contributed by atoms with E-state index in [1.54, 1.807) is 13.0 Å². The molecule has 0 saturated heterocycles. The average Bonchev–Trinajstić information content (AvgIpc) is 3.03. The maximum Gasteiger partial charge on any atom is 0.259 e. The fraction of sp³-hybridized carbons (Fsp3) is 0.0952. The predicted molar refractivity (Wildman–Crippen MR) is 101 cm³/mol. The summed E-state index contributed by atoms with van der Waals surface area (Å²) in [5, 5.41) is 7.53. The SMILES string of the molecule is Cc1ccc(-c2cc(C(=O)Nc3ccccc3)c3c(C)noc3n2)cc1. The van der Waals surface area contributed by atoms with Gasteiger partial charge >= 0.3 is 0 Å². The Hall–Kier alpha value is -3.47. The molecule has 0 fully saturated rings. The number of rotatable bonds is 3. The maximum atomic E-state index is 12.9. The van der Waals surface area contributed by atoms with Crippen LogP contribution in [0.4, 0.5) is 5.69 Å². The first-order valence-corrected chi connectivity index (χ1v) is 8.32. The van der Waals surface area contributed by atoms with E-state index in [-0.39, 0.29) is 5.91 Å². The van der Waals surface area contributed by atoms with Gasteiger partial charge in [-0.3, -0.25) is 4.79 Å². The molecule has 0 spiro atoms. The van der Waals surface area contributed by atoms with Crippen LogP contribution in [0.15, 0.2) is 65.2 Å². The summed E-state index contributed by atoms with van der Waals surface area (Å²) in [5.74, 6) is -0.219. The highest BCUT2D eigenvalue weighted by Gasteiger charge is 2.19. The molecule has 0 radical (unpaired) electrons. The Morgan fingerprint density at radius 1 is 1.00 bits per heavy atom. The van der Waals surface area contributed by atoms with Crippen molar-refractivity contribution in [3.63, 3.8) is 0 Å². The third-order valence-corrected chi connectivity index (χ3v) is 4.24. The van der Waals surface area contributed by atoms with Crippen molar-refractivity contribution in [2.24, 2.45) is 0 Å². The minimum atomic E-state index is -0.219. The molecule has 1 amide bonds. The molecule has 0 unspecified atom stereocenters. The van der Waals surface area contributed by atoms with Crippen LogP contribution in [0.2, 0.25) is 0 Å². The number of amides is 1. The summed E-state index contributed by atoms with van der Waals surface area (Å²) in [4.78, 5) is 17.4. The third-order valence-electron chi connectivity index (χ3n) is 4.24. The van der Waals surface area contributed by atoms with Gasteiger partial charge in [-0.25, -0.2) is 4.98 Å². The summed E-state index contributed by atoms with van der Waals surface area (Å²) in [5.41, 5.74) is 4.97. The molecule has 2 aromatic carbocycles. The molecule has 0 aliphatic rings. The van der Waals surface area contributed by atoms with Gasteiger partial charge in [0.2, 0.25) is 0 Å². The van der Waals surface area contributed by atoms with E-state index in [0.717, 1.165) is 16.8 Å². The molecule has 4 aromatic rings. The summed E-state index contributed by atoms with van der Waals surface area (Å²) in [7, 11) is 0. The first-order chi connectivity index (χ1) is 12.6. The van der Waals surface area contributed by atoms with Crippen LogP contribution < -0.4 is 5.32 Å². The molecule has 5 heteroatoms. The molecule has 2 aromatic heterocycles. The van der Waals surface area contributed by atoms with Crippen molar-refractivity contribution in [1.82, 2.24) is 10.1 Å². The van der Waals surface area contributed by atoms with E-state index in [1.807, 2.05) is 61.5 Å². The molecule has 0 aliphatic carbocycles. The molecule has 4 rings (SSSR count). The number of benzene rings is 2. The molecule has 0 bridgehead atoms. The lowest BCUT2D eigenvalue weighted by Crippen LogP contribution is -2.13. The van der Waals surface area contributed by atoms with Crippen molar-refractivity contribution >= 4 is 22.7 Å². The first kappa shape index (κ1) is 16.0. The van der Waals surface area contributed by atoms with Gasteiger partial charge in [0.15, 0.2) is 0 Å². The Morgan fingerprint density at radius 2 is 1.73 bits per heavy atom. The smallest absolute Gasteiger partial charge is 0.259 e. The second-order valence-electron chi connectivity index (χ2n) is 6.19. The van der Waals surface area contributed by atoms with Gasteiger partial charge in [0.25, 0.3) is 11.6 Å². The number of anilines is 1. The Labute approximate surface area is 150 Å². The number of aromatic nitrogens is 2.